The number of carbonyl (C=O) groups excluding carboxylic acids is 1. The lowest BCUT2D eigenvalue weighted by Crippen LogP contribution is -2.21. The Bertz CT molecular complexity index is 718. The van der Waals surface area contributed by atoms with Crippen LogP contribution in [0.3, 0.4) is 0 Å². The maximum atomic E-state index is 12.7. The summed E-state index contributed by atoms with van der Waals surface area (Å²) in [5, 5.41) is 3.36. The second-order valence-corrected chi connectivity index (χ2v) is 6.10. The molecule has 0 bridgehead atoms. The number of rotatable bonds is 4. The average Bonchev–Trinajstić information content (AvgIpc) is 2.82. The molecular weight excluding hydrogens is 326 g/mol. The number of nitrogens with one attached hydrogen (secondary N) is 1. The predicted molar refractivity (Wildman–Crippen MR) is 95.2 cm³/mol. The van der Waals surface area contributed by atoms with Crippen molar-refractivity contribution in [3.63, 3.8) is 0 Å². The van der Waals surface area contributed by atoms with Crippen LogP contribution in [0, 0.1) is 0 Å². The zero-order valence-corrected chi connectivity index (χ0v) is 14.3. The number of hydrogen-bond acceptors (Lipinski definition) is 3. The molecule has 5 heteroatoms. The first kappa shape index (κ1) is 16.7. The number of fused-ring (bicyclic) bond motifs is 1. The van der Waals surface area contributed by atoms with E-state index in [4.69, 9.17) is 21.1 Å². The molecule has 4 nitrogen and oxygen atoms in total. The van der Waals surface area contributed by atoms with Crippen LogP contribution < -0.4 is 14.8 Å². The number of anilines is 1. The van der Waals surface area contributed by atoms with E-state index in [0.717, 1.165) is 12.0 Å². The van der Waals surface area contributed by atoms with Gasteiger partial charge in [0.05, 0.1) is 29.8 Å². The van der Waals surface area contributed by atoms with Crippen molar-refractivity contribution in [1.29, 1.82) is 0 Å². The summed E-state index contributed by atoms with van der Waals surface area (Å²) in [5.41, 5.74) is 1.53. The number of ether oxygens (including phenoxy) is 2. The minimum Gasteiger partial charge on any atom is -0.490 e. The summed E-state index contributed by atoms with van der Waals surface area (Å²) in [4.78, 5) is 12.7. The molecule has 0 fully saturated rings. The predicted octanol–water partition coefficient (Wildman–Crippen LogP) is 4.63. The fourth-order valence-electron chi connectivity index (χ4n) is 2.76. The third kappa shape index (κ3) is 3.65. The van der Waals surface area contributed by atoms with Gasteiger partial charge in [0.15, 0.2) is 11.5 Å². The first-order chi connectivity index (χ1) is 11.7. The van der Waals surface area contributed by atoms with Crippen molar-refractivity contribution in [2.24, 2.45) is 0 Å². The second-order valence-electron chi connectivity index (χ2n) is 5.69. The van der Waals surface area contributed by atoms with Crippen molar-refractivity contribution in [3.8, 4) is 11.5 Å². The minimum atomic E-state index is -0.224. The Hall–Kier alpha value is -2.20. The second kappa shape index (κ2) is 7.58. The third-order valence-electron chi connectivity index (χ3n) is 4.02. The number of amides is 1. The summed E-state index contributed by atoms with van der Waals surface area (Å²) in [6.07, 6.45) is 1.53. The molecule has 0 saturated carbocycles. The van der Waals surface area contributed by atoms with Gasteiger partial charge in [-0.3, -0.25) is 4.79 Å². The molecule has 1 N–H and O–H groups in total. The summed E-state index contributed by atoms with van der Waals surface area (Å²) >= 11 is 6.30. The molecule has 1 amide bonds. The first-order valence-corrected chi connectivity index (χ1v) is 8.51. The van der Waals surface area contributed by atoms with E-state index < -0.39 is 0 Å². The molecule has 2 aromatic rings. The Morgan fingerprint density at radius 2 is 1.83 bits per heavy atom. The van der Waals surface area contributed by atoms with Gasteiger partial charge in [0.25, 0.3) is 0 Å². The van der Waals surface area contributed by atoms with Gasteiger partial charge in [0, 0.05) is 18.6 Å². The van der Waals surface area contributed by atoms with E-state index in [2.05, 4.69) is 5.32 Å². The van der Waals surface area contributed by atoms with Crippen LogP contribution in [0.4, 0.5) is 5.69 Å². The molecule has 1 aliphatic rings. The fourth-order valence-corrected chi connectivity index (χ4v) is 2.96. The zero-order valence-electron chi connectivity index (χ0n) is 13.5. The topological polar surface area (TPSA) is 47.6 Å². The molecule has 2 aromatic carbocycles. The van der Waals surface area contributed by atoms with E-state index in [1.165, 1.54) is 0 Å². The molecule has 0 aromatic heterocycles. The summed E-state index contributed by atoms with van der Waals surface area (Å²) in [6, 6.07) is 13.2. The monoisotopic (exact) mass is 345 g/mol. The van der Waals surface area contributed by atoms with E-state index in [1.807, 2.05) is 37.3 Å². The quantitative estimate of drug-likeness (QED) is 0.878. The molecule has 1 heterocycles. The largest absolute Gasteiger partial charge is 0.490 e. The molecule has 3 rings (SSSR count). The third-order valence-corrected chi connectivity index (χ3v) is 4.33. The highest BCUT2D eigenvalue weighted by Crippen LogP contribution is 2.38. The summed E-state index contributed by atoms with van der Waals surface area (Å²) < 4.78 is 11.3. The number of carbonyl (C=O) groups is 1. The number of halogens is 1. The van der Waals surface area contributed by atoms with Crippen LogP contribution in [0.2, 0.25) is 5.02 Å². The van der Waals surface area contributed by atoms with Crippen molar-refractivity contribution in [3.05, 3.63) is 53.1 Å². The number of hydrogen-bond donors (Lipinski definition) is 1. The molecule has 1 unspecified atom stereocenters. The van der Waals surface area contributed by atoms with Crippen LogP contribution in [0.1, 0.15) is 31.2 Å². The van der Waals surface area contributed by atoms with E-state index >= 15 is 0 Å². The van der Waals surface area contributed by atoms with Crippen LogP contribution in [0.25, 0.3) is 0 Å². The minimum absolute atomic E-state index is 0.0832. The van der Waals surface area contributed by atoms with Crippen LogP contribution in [-0.2, 0) is 4.79 Å². The summed E-state index contributed by atoms with van der Waals surface area (Å²) in [5.74, 6) is 0.920. The average molecular weight is 346 g/mol. The molecule has 0 aliphatic carbocycles. The Labute approximate surface area is 146 Å². The smallest absolute Gasteiger partial charge is 0.231 e. The van der Waals surface area contributed by atoms with E-state index in [-0.39, 0.29) is 11.8 Å². The fraction of sp³-hybridized carbons (Fsp3) is 0.316. The lowest BCUT2D eigenvalue weighted by Gasteiger charge is -2.17. The number of benzene rings is 2. The SMILES string of the molecule is CCC(C(=O)Nc1cc2c(cc1Cl)OCCCO2)c1ccccc1. The van der Waals surface area contributed by atoms with Crippen molar-refractivity contribution in [1.82, 2.24) is 0 Å². The van der Waals surface area contributed by atoms with Crippen molar-refractivity contribution < 1.29 is 14.3 Å². The normalized spacial score (nSPS) is 14.6. The molecular formula is C19H20ClNO3. The van der Waals surface area contributed by atoms with Gasteiger partial charge in [-0.05, 0) is 12.0 Å². The molecule has 0 spiro atoms. The van der Waals surface area contributed by atoms with Crippen LogP contribution in [0.5, 0.6) is 11.5 Å². The first-order valence-electron chi connectivity index (χ1n) is 8.14. The van der Waals surface area contributed by atoms with E-state index in [0.29, 0.717) is 41.8 Å². The maximum Gasteiger partial charge on any atom is 0.231 e. The van der Waals surface area contributed by atoms with Crippen LogP contribution >= 0.6 is 11.6 Å². The Morgan fingerprint density at radius 3 is 2.50 bits per heavy atom. The Morgan fingerprint density at radius 1 is 1.17 bits per heavy atom. The van der Waals surface area contributed by atoms with Gasteiger partial charge in [0.2, 0.25) is 5.91 Å². The van der Waals surface area contributed by atoms with Crippen molar-refractivity contribution >= 4 is 23.2 Å². The summed E-state index contributed by atoms with van der Waals surface area (Å²) in [6.45, 7) is 3.18. The van der Waals surface area contributed by atoms with E-state index in [1.54, 1.807) is 12.1 Å². The van der Waals surface area contributed by atoms with Crippen LogP contribution in [0.15, 0.2) is 42.5 Å². The standard InChI is InChI=1S/C19H20ClNO3/c1-2-14(13-7-4-3-5-8-13)19(22)21-16-12-18-17(11-15(16)20)23-9-6-10-24-18/h3-5,7-8,11-12,14H,2,6,9-10H2,1H3,(H,21,22). The molecule has 1 aliphatic heterocycles. The lowest BCUT2D eigenvalue weighted by atomic mass is 9.95. The van der Waals surface area contributed by atoms with Crippen molar-refractivity contribution in [2.45, 2.75) is 25.7 Å². The molecule has 24 heavy (non-hydrogen) atoms. The van der Waals surface area contributed by atoms with Gasteiger partial charge in [0.1, 0.15) is 0 Å². The van der Waals surface area contributed by atoms with Gasteiger partial charge >= 0.3 is 0 Å². The Balaban J connectivity index is 1.82. The Kier molecular flexibility index (Phi) is 5.26. The van der Waals surface area contributed by atoms with E-state index in [9.17, 15) is 4.79 Å². The van der Waals surface area contributed by atoms with Crippen LogP contribution in [-0.4, -0.2) is 19.1 Å². The highest BCUT2D eigenvalue weighted by molar-refractivity contribution is 6.34. The van der Waals surface area contributed by atoms with Gasteiger partial charge in [-0.25, -0.2) is 0 Å². The molecule has 0 saturated heterocycles. The van der Waals surface area contributed by atoms with Gasteiger partial charge in [-0.1, -0.05) is 48.9 Å². The highest BCUT2D eigenvalue weighted by Gasteiger charge is 2.21. The zero-order chi connectivity index (χ0) is 16.9. The molecule has 0 radical (unpaired) electrons. The maximum absolute atomic E-state index is 12.7. The molecule has 126 valence electrons. The highest BCUT2D eigenvalue weighted by atomic mass is 35.5. The lowest BCUT2D eigenvalue weighted by molar-refractivity contribution is -0.117. The van der Waals surface area contributed by atoms with Gasteiger partial charge < -0.3 is 14.8 Å². The summed E-state index contributed by atoms with van der Waals surface area (Å²) in [7, 11) is 0. The van der Waals surface area contributed by atoms with Crippen molar-refractivity contribution in [2.75, 3.05) is 18.5 Å². The van der Waals surface area contributed by atoms with Gasteiger partial charge in [-0.15, -0.1) is 0 Å². The molecule has 1 atom stereocenters. The van der Waals surface area contributed by atoms with Gasteiger partial charge in [-0.2, -0.15) is 0 Å².